The molecule has 112 valence electrons. The molecule has 1 amide bonds. The van der Waals surface area contributed by atoms with E-state index in [0.717, 1.165) is 5.56 Å². The third kappa shape index (κ3) is 3.81. The predicted octanol–water partition coefficient (Wildman–Crippen LogP) is 1.37. The van der Waals surface area contributed by atoms with Crippen molar-refractivity contribution in [2.24, 2.45) is 11.8 Å². The quantitative estimate of drug-likeness (QED) is 0.800. The fourth-order valence-corrected chi connectivity index (χ4v) is 2.37. The van der Waals surface area contributed by atoms with Crippen LogP contribution in [0, 0.1) is 11.8 Å². The summed E-state index contributed by atoms with van der Waals surface area (Å²) in [5.41, 5.74) is 0.855. The van der Waals surface area contributed by atoms with Gasteiger partial charge in [0.2, 0.25) is 11.8 Å². The van der Waals surface area contributed by atoms with Crippen LogP contribution < -0.4 is 10.1 Å². The van der Waals surface area contributed by atoms with Gasteiger partial charge in [-0.3, -0.25) is 9.59 Å². The number of carboxylic acids is 1. The molecule has 0 fully saturated rings. The highest BCUT2D eigenvalue weighted by Crippen LogP contribution is 2.26. The smallest absolute Gasteiger partial charge is 0.307 e. The lowest BCUT2D eigenvalue weighted by Crippen LogP contribution is -2.38. The molecule has 2 rings (SSSR count). The van der Waals surface area contributed by atoms with Crippen LogP contribution in [0.3, 0.4) is 0 Å². The first kappa shape index (κ1) is 15.0. The summed E-state index contributed by atoms with van der Waals surface area (Å²) in [6.45, 7) is 0.324. The molecule has 21 heavy (non-hydrogen) atoms. The van der Waals surface area contributed by atoms with Crippen LogP contribution in [0.4, 0.5) is 0 Å². The molecule has 2 N–H and O–H groups in total. The number of allylic oxidation sites excluding steroid dienone is 2. The number of rotatable bonds is 5. The molecule has 1 aliphatic rings. The number of carbonyl (C=O) groups excluding carboxylic acids is 1. The molecule has 0 saturated carbocycles. The molecule has 0 aromatic carbocycles. The number of aromatic nitrogens is 1. The number of nitrogens with one attached hydrogen (secondary N) is 1. The summed E-state index contributed by atoms with van der Waals surface area (Å²) in [5, 5.41) is 12.0. The molecule has 1 aromatic rings. The van der Waals surface area contributed by atoms with Crippen LogP contribution in [0.25, 0.3) is 0 Å². The number of hydrogen-bond acceptors (Lipinski definition) is 4. The summed E-state index contributed by atoms with van der Waals surface area (Å²) in [7, 11) is 1.52. The van der Waals surface area contributed by atoms with Crippen molar-refractivity contribution in [1.29, 1.82) is 0 Å². The second-order valence-corrected chi connectivity index (χ2v) is 4.92. The van der Waals surface area contributed by atoms with Crippen molar-refractivity contribution in [2.45, 2.75) is 19.4 Å². The summed E-state index contributed by atoms with van der Waals surface area (Å²) < 4.78 is 5.02. The van der Waals surface area contributed by atoms with Gasteiger partial charge in [0.25, 0.3) is 0 Å². The van der Waals surface area contributed by atoms with Crippen LogP contribution in [-0.2, 0) is 16.1 Å². The maximum absolute atomic E-state index is 12.2. The Kier molecular flexibility index (Phi) is 4.92. The highest BCUT2D eigenvalue weighted by molar-refractivity contribution is 5.85. The lowest BCUT2D eigenvalue weighted by atomic mass is 9.82. The van der Waals surface area contributed by atoms with E-state index in [1.807, 2.05) is 12.2 Å². The molecule has 0 unspecified atom stereocenters. The number of pyridine rings is 1. The van der Waals surface area contributed by atoms with Gasteiger partial charge in [-0.1, -0.05) is 12.2 Å². The molecule has 6 nitrogen and oxygen atoms in total. The zero-order valence-electron chi connectivity index (χ0n) is 11.8. The van der Waals surface area contributed by atoms with E-state index in [2.05, 4.69) is 10.3 Å². The van der Waals surface area contributed by atoms with Crippen LogP contribution in [-0.4, -0.2) is 29.1 Å². The highest BCUT2D eigenvalue weighted by atomic mass is 16.5. The van der Waals surface area contributed by atoms with Gasteiger partial charge in [0, 0.05) is 18.8 Å². The van der Waals surface area contributed by atoms with Crippen LogP contribution in [0.2, 0.25) is 0 Å². The molecule has 0 spiro atoms. The van der Waals surface area contributed by atoms with Crippen molar-refractivity contribution in [2.75, 3.05) is 7.11 Å². The lowest BCUT2D eigenvalue weighted by molar-refractivity contribution is -0.147. The summed E-state index contributed by atoms with van der Waals surface area (Å²) in [6, 6.07) is 3.51. The Morgan fingerprint density at radius 3 is 2.76 bits per heavy atom. The average molecular weight is 290 g/mol. The van der Waals surface area contributed by atoms with Crippen LogP contribution >= 0.6 is 0 Å². The minimum Gasteiger partial charge on any atom is -0.481 e. The molecule has 0 radical (unpaired) electrons. The van der Waals surface area contributed by atoms with E-state index in [-0.39, 0.29) is 5.91 Å². The van der Waals surface area contributed by atoms with Crippen molar-refractivity contribution in [3.8, 4) is 5.88 Å². The molecule has 1 aromatic heterocycles. The second kappa shape index (κ2) is 6.88. The van der Waals surface area contributed by atoms with Crippen molar-refractivity contribution < 1.29 is 19.4 Å². The van der Waals surface area contributed by atoms with E-state index in [0.29, 0.717) is 25.3 Å². The summed E-state index contributed by atoms with van der Waals surface area (Å²) in [4.78, 5) is 27.4. The van der Waals surface area contributed by atoms with Crippen LogP contribution in [0.5, 0.6) is 5.88 Å². The fourth-order valence-electron chi connectivity index (χ4n) is 2.37. The van der Waals surface area contributed by atoms with Crippen molar-refractivity contribution in [1.82, 2.24) is 10.3 Å². The number of amides is 1. The van der Waals surface area contributed by atoms with E-state index in [4.69, 9.17) is 4.74 Å². The van der Waals surface area contributed by atoms with Crippen LogP contribution in [0.1, 0.15) is 18.4 Å². The summed E-state index contributed by atoms with van der Waals surface area (Å²) in [6.07, 6.45) is 6.14. The molecule has 1 heterocycles. The Morgan fingerprint density at radius 2 is 2.10 bits per heavy atom. The second-order valence-electron chi connectivity index (χ2n) is 4.92. The Balaban J connectivity index is 1.97. The third-order valence-corrected chi connectivity index (χ3v) is 3.56. The molecule has 0 aliphatic heterocycles. The van der Waals surface area contributed by atoms with Crippen molar-refractivity contribution >= 4 is 11.9 Å². The van der Waals surface area contributed by atoms with Gasteiger partial charge in [-0.2, -0.15) is 0 Å². The van der Waals surface area contributed by atoms with E-state index in [9.17, 15) is 14.7 Å². The molecule has 0 saturated heterocycles. The first-order chi connectivity index (χ1) is 10.1. The van der Waals surface area contributed by atoms with Gasteiger partial charge in [0.05, 0.1) is 18.9 Å². The molecule has 6 heteroatoms. The molecule has 0 bridgehead atoms. The standard InChI is InChI=1S/C15H18N2O4/c1-21-13-8-10(6-7-16-13)9-17-14(18)11-4-2-3-5-12(11)15(19)20/h2-3,6-8,11-12H,4-5,9H2,1H3,(H,17,18)(H,19,20)/t11-,12+/m1/s1. The first-order valence-electron chi connectivity index (χ1n) is 6.76. The Morgan fingerprint density at radius 1 is 1.38 bits per heavy atom. The van der Waals surface area contributed by atoms with Gasteiger partial charge < -0.3 is 15.2 Å². The number of carboxylic acid groups (broad SMARTS) is 1. The molecule has 2 atom stereocenters. The Hall–Kier alpha value is -2.37. The highest BCUT2D eigenvalue weighted by Gasteiger charge is 2.33. The minimum absolute atomic E-state index is 0.234. The lowest BCUT2D eigenvalue weighted by Gasteiger charge is -2.24. The Labute approximate surface area is 122 Å². The van der Waals surface area contributed by atoms with Gasteiger partial charge in [-0.05, 0) is 24.5 Å². The minimum atomic E-state index is -0.926. The van der Waals surface area contributed by atoms with E-state index >= 15 is 0 Å². The zero-order valence-corrected chi connectivity index (χ0v) is 11.8. The fraction of sp³-hybridized carbons (Fsp3) is 0.400. The van der Waals surface area contributed by atoms with E-state index < -0.39 is 17.8 Å². The number of methoxy groups -OCH3 is 1. The van der Waals surface area contributed by atoms with Gasteiger partial charge in [-0.25, -0.2) is 4.98 Å². The largest absolute Gasteiger partial charge is 0.481 e. The van der Waals surface area contributed by atoms with E-state index in [1.54, 1.807) is 18.3 Å². The molecular weight excluding hydrogens is 272 g/mol. The Bertz CT molecular complexity index is 556. The maximum Gasteiger partial charge on any atom is 0.307 e. The van der Waals surface area contributed by atoms with Crippen LogP contribution in [0.15, 0.2) is 30.5 Å². The number of hydrogen-bond donors (Lipinski definition) is 2. The topological polar surface area (TPSA) is 88.5 Å². The SMILES string of the molecule is COc1cc(CNC(=O)[C@@H]2CC=CC[C@@H]2C(=O)O)ccn1. The molecule has 1 aliphatic carbocycles. The maximum atomic E-state index is 12.2. The van der Waals surface area contributed by atoms with Gasteiger partial charge in [0.1, 0.15) is 0 Å². The number of ether oxygens (including phenoxy) is 1. The van der Waals surface area contributed by atoms with Gasteiger partial charge in [-0.15, -0.1) is 0 Å². The zero-order chi connectivity index (χ0) is 15.2. The van der Waals surface area contributed by atoms with Crippen molar-refractivity contribution in [3.63, 3.8) is 0 Å². The summed E-state index contributed by atoms with van der Waals surface area (Å²) >= 11 is 0. The average Bonchev–Trinajstić information content (AvgIpc) is 2.52. The van der Waals surface area contributed by atoms with Gasteiger partial charge in [0.15, 0.2) is 0 Å². The third-order valence-electron chi connectivity index (χ3n) is 3.56. The van der Waals surface area contributed by atoms with Gasteiger partial charge >= 0.3 is 5.97 Å². The monoisotopic (exact) mass is 290 g/mol. The number of nitrogens with zero attached hydrogens (tertiary/aromatic N) is 1. The predicted molar refractivity (Wildman–Crippen MR) is 75.6 cm³/mol. The first-order valence-corrected chi connectivity index (χ1v) is 6.76. The summed E-state index contributed by atoms with van der Waals surface area (Å²) in [5.74, 6) is -1.85. The number of carbonyl (C=O) groups is 2. The van der Waals surface area contributed by atoms with E-state index in [1.165, 1.54) is 7.11 Å². The number of aliphatic carboxylic acids is 1. The van der Waals surface area contributed by atoms with Crippen molar-refractivity contribution in [3.05, 3.63) is 36.0 Å². The normalized spacial score (nSPS) is 20.8. The molecular formula is C15H18N2O4.